The van der Waals surface area contributed by atoms with Crippen molar-refractivity contribution in [1.29, 1.82) is 4.78 Å². The largest absolute Gasteiger partial charge is 0.573 e. The van der Waals surface area contributed by atoms with Gasteiger partial charge in [0.05, 0.1) is 0 Å². The number of aliphatic hydroxyl groups is 1. The summed E-state index contributed by atoms with van der Waals surface area (Å²) in [5, 5.41) is 18.8. The van der Waals surface area contributed by atoms with Crippen molar-refractivity contribution in [2.24, 2.45) is 5.73 Å². The number of hydrogen-bond donors (Lipinski definition) is 4. The van der Waals surface area contributed by atoms with Crippen LogP contribution in [0.15, 0.2) is 24.3 Å². The van der Waals surface area contributed by atoms with Gasteiger partial charge in [-0.15, -0.1) is 13.2 Å². The summed E-state index contributed by atoms with van der Waals surface area (Å²) in [4.78, 5) is 10.6. The number of nitrogens with two attached hydrogens (primary N) is 1. The normalized spacial score (nSPS) is 17.8. The smallest absolute Gasteiger partial charge is 0.480 e. The van der Waals surface area contributed by atoms with E-state index < -0.39 is 75.5 Å². The van der Waals surface area contributed by atoms with Crippen LogP contribution in [-0.2, 0) is 20.1 Å². The Kier molecular flexibility index (Phi) is 7.54. The third-order valence-electron chi connectivity index (χ3n) is 3.90. The first kappa shape index (κ1) is 25.0. The van der Waals surface area contributed by atoms with Gasteiger partial charge in [0.2, 0.25) is 0 Å². The molecule has 0 amide bonds. The molecule has 0 aliphatic carbocycles. The van der Waals surface area contributed by atoms with E-state index in [1.165, 1.54) is 0 Å². The Hall–Kier alpha value is -2.06. The molecule has 0 aromatic heterocycles. The van der Waals surface area contributed by atoms with Crippen LogP contribution in [0.2, 0.25) is 0 Å². The molecule has 7 nitrogen and oxygen atoms in total. The number of benzene rings is 1. The molecule has 0 saturated carbocycles. The molecule has 0 radical (unpaired) electrons. The van der Waals surface area contributed by atoms with Crippen molar-refractivity contribution in [1.82, 2.24) is 0 Å². The van der Waals surface area contributed by atoms with E-state index in [0.29, 0.717) is 24.3 Å². The number of nitrogens with one attached hydrogen (secondary N) is 1. The first-order chi connectivity index (χ1) is 13.0. The van der Waals surface area contributed by atoms with Gasteiger partial charge in [-0.2, -0.15) is 13.2 Å². The van der Waals surface area contributed by atoms with E-state index in [1.807, 2.05) is 0 Å². The Morgan fingerprint density at radius 2 is 1.66 bits per heavy atom. The van der Waals surface area contributed by atoms with Crippen molar-refractivity contribution >= 4 is 15.7 Å². The average Bonchev–Trinajstić information content (AvgIpc) is 2.55. The minimum Gasteiger partial charge on any atom is -0.480 e. The van der Waals surface area contributed by atoms with E-state index in [0.717, 1.165) is 0 Å². The van der Waals surface area contributed by atoms with Gasteiger partial charge in [0.1, 0.15) is 11.8 Å². The highest BCUT2D eigenvalue weighted by molar-refractivity contribution is 7.92. The van der Waals surface area contributed by atoms with Crippen LogP contribution in [0.25, 0.3) is 0 Å². The third kappa shape index (κ3) is 7.36. The molecule has 0 aliphatic heterocycles. The number of halogens is 6. The van der Waals surface area contributed by atoms with E-state index in [4.69, 9.17) is 15.6 Å². The number of ether oxygens (including phenoxy) is 1. The topological polar surface area (TPSA) is 134 Å². The molecule has 0 spiro atoms. The van der Waals surface area contributed by atoms with Crippen LogP contribution in [0.1, 0.15) is 18.4 Å². The Labute approximate surface area is 161 Å². The molecule has 2 unspecified atom stereocenters. The highest BCUT2D eigenvalue weighted by Crippen LogP contribution is 2.42. The lowest BCUT2D eigenvalue weighted by atomic mass is 9.90. The first-order valence-electron chi connectivity index (χ1n) is 7.85. The number of hydrogen-bond acceptors (Lipinski definition) is 6. The van der Waals surface area contributed by atoms with E-state index in [2.05, 4.69) is 4.74 Å². The summed E-state index contributed by atoms with van der Waals surface area (Å²) in [6.07, 6.45) is -12.0. The molecule has 14 heteroatoms. The fourth-order valence-electron chi connectivity index (χ4n) is 2.24. The van der Waals surface area contributed by atoms with Crippen molar-refractivity contribution < 1.29 is 50.3 Å². The van der Waals surface area contributed by atoms with Crippen molar-refractivity contribution in [3.05, 3.63) is 29.8 Å². The second-order valence-corrected chi connectivity index (χ2v) is 8.57. The molecule has 0 saturated heterocycles. The molecule has 5 N–H and O–H groups in total. The molecule has 0 aliphatic rings. The summed E-state index contributed by atoms with van der Waals surface area (Å²) in [5.74, 6) is -3.80. The zero-order chi connectivity index (χ0) is 22.7. The van der Waals surface area contributed by atoms with Gasteiger partial charge in [-0.3, -0.25) is 9.57 Å². The number of carboxylic acids is 1. The molecular formula is C15H18F6N2O5S. The zero-order valence-electron chi connectivity index (χ0n) is 14.6. The Balaban J connectivity index is 3.00. The van der Waals surface area contributed by atoms with Crippen LogP contribution in [0, 0.1) is 4.78 Å². The Morgan fingerprint density at radius 1 is 1.14 bits per heavy atom. The highest BCUT2D eigenvalue weighted by Gasteiger charge is 2.54. The molecule has 0 heterocycles. The number of alkyl halides is 6. The molecule has 0 bridgehead atoms. The predicted octanol–water partition coefficient (Wildman–Crippen LogP) is 2.57. The summed E-state index contributed by atoms with van der Waals surface area (Å²) >= 11 is 0. The maximum Gasteiger partial charge on any atom is 0.573 e. The van der Waals surface area contributed by atoms with Crippen molar-refractivity contribution in [3.8, 4) is 5.75 Å². The average molecular weight is 452 g/mol. The second kappa shape index (κ2) is 8.75. The number of carboxylic acid groups (broad SMARTS) is 1. The van der Waals surface area contributed by atoms with Gasteiger partial charge in [0.15, 0.2) is 5.60 Å². The predicted molar refractivity (Wildman–Crippen MR) is 88.5 cm³/mol. The minimum absolute atomic E-state index is 0.425. The monoisotopic (exact) mass is 452 g/mol. The van der Waals surface area contributed by atoms with E-state index in [-0.39, 0.29) is 0 Å². The van der Waals surface area contributed by atoms with Gasteiger partial charge in [0.25, 0.3) is 0 Å². The number of rotatable bonds is 9. The lowest BCUT2D eigenvalue weighted by molar-refractivity contribution is -0.275. The van der Waals surface area contributed by atoms with Crippen LogP contribution in [-0.4, -0.2) is 50.5 Å². The van der Waals surface area contributed by atoms with Crippen molar-refractivity contribution in [2.45, 2.75) is 37.0 Å². The maximum atomic E-state index is 13.4. The number of carbonyl (C=O) groups is 1. The van der Waals surface area contributed by atoms with E-state index >= 15 is 0 Å². The molecular weight excluding hydrogens is 434 g/mol. The lowest BCUT2D eigenvalue weighted by Gasteiger charge is -2.31. The summed E-state index contributed by atoms with van der Waals surface area (Å²) in [6, 6.07) is 0.831. The minimum atomic E-state index is -5.30. The fourth-order valence-corrected chi connectivity index (χ4v) is 3.70. The second-order valence-electron chi connectivity index (χ2n) is 6.13. The van der Waals surface area contributed by atoms with Crippen LogP contribution in [0.5, 0.6) is 5.75 Å². The van der Waals surface area contributed by atoms with Crippen molar-refractivity contribution in [2.75, 3.05) is 11.5 Å². The van der Waals surface area contributed by atoms with Crippen LogP contribution in [0.3, 0.4) is 0 Å². The SMILES string of the molecule is N=S(=O)(CC[C@H](N)C(=O)O)CCC(O)(c1ccc(OC(F)(F)F)cc1)C(F)(F)F. The Bertz CT molecular complexity index is 810. The quantitative estimate of drug-likeness (QED) is 0.426. The highest BCUT2D eigenvalue weighted by atomic mass is 32.2. The van der Waals surface area contributed by atoms with Gasteiger partial charge in [0, 0.05) is 27.7 Å². The van der Waals surface area contributed by atoms with Gasteiger partial charge in [-0.1, -0.05) is 12.1 Å². The molecule has 0 fully saturated rings. The van der Waals surface area contributed by atoms with E-state index in [1.54, 1.807) is 0 Å². The van der Waals surface area contributed by atoms with Gasteiger partial charge in [-0.05, 0) is 24.1 Å². The van der Waals surface area contributed by atoms with E-state index in [9.17, 15) is 40.5 Å². The summed E-state index contributed by atoms with van der Waals surface area (Å²) < 4.78 is 100. The fraction of sp³-hybridized carbons (Fsp3) is 0.533. The Morgan fingerprint density at radius 3 is 2.07 bits per heavy atom. The summed E-state index contributed by atoms with van der Waals surface area (Å²) in [7, 11) is -3.72. The summed E-state index contributed by atoms with van der Waals surface area (Å²) in [6.45, 7) is 0. The van der Waals surface area contributed by atoms with Gasteiger partial charge >= 0.3 is 18.5 Å². The van der Waals surface area contributed by atoms with Crippen LogP contribution < -0.4 is 10.5 Å². The van der Waals surface area contributed by atoms with Crippen molar-refractivity contribution in [3.63, 3.8) is 0 Å². The van der Waals surface area contributed by atoms with Gasteiger partial charge in [-0.25, -0.2) is 4.21 Å². The first-order valence-corrected chi connectivity index (χ1v) is 9.74. The molecule has 3 atom stereocenters. The standard InChI is InChI=1S/C15H18F6N2O5S/c16-14(17,18)13(26,6-8-29(23,27)7-5-11(22)12(24)25)9-1-3-10(4-2-9)28-15(19,20)21/h1-4,11,23,26H,5-8,22H2,(H,24,25)/t11-,13?,29?/m0/s1. The third-order valence-corrected chi connectivity index (χ3v) is 5.66. The lowest BCUT2D eigenvalue weighted by Crippen LogP contribution is -2.44. The van der Waals surface area contributed by atoms with Gasteiger partial charge < -0.3 is 20.7 Å². The number of aliphatic carboxylic acids is 1. The molecule has 1 aromatic rings. The molecule has 166 valence electrons. The molecule has 1 aromatic carbocycles. The summed E-state index contributed by atoms with van der Waals surface area (Å²) in [5.41, 5.74) is 0.763. The van der Waals surface area contributed by atoms with Crippen LogP contribution in [0.4, 0.5) is 26.3 Å². The zero-order valence-corrected chi connectivity index (χ0v) is 15.4. The van der Waals surface area contributed by atoms with Crippen LogP contribution >= 0.6 is 0 Å². The molecule has 1 rings (SSSR count). The molecule has 29 heavy (non-hydrogen) atoms. The maximum absolute atomic E-state index is 13.4.